The van der Waals surface area contributed by atoms with E-state index in [9.17, 15) is 40.5 Å². The van der Waals surface area contributed by atoms with Crippen LogP contribution in [-0.4, -0.2) is 63.3 Å². The van der Waals surface area contributed by atoms with E-state index in [2.05, 4.69) is 29.7 Å². The second kappa shape index (κ2) is 21.6. The molecule has 68 heavy (non-hydrogen) atoms. The van der Waals surface area contributed by atoms with E-state index < -0.39 is 43.6 Å². The van der Waals surface area contributed by atoms with Gasteiger partial charge < -0.3 is 9.95 Å². The number of nitrogens with one attached hydrogen (secondary N) is 1. The minimum atomic E-state index is -4.10. The van der Waals surface area contributed by atoms with Gasteiger partial charge in [-0.25, -0.2) is 40.5 Å². The second-order valence-electron chi connectivity index (χ2n) is 16.5. The number of sulfonamides is 2. The fraction of sp³-hybridized carbons (Fsp3) is 0.319. The lowest BCUT2D eigenvalue weighted by Crippen LogP contribution is -2.32. The number of hydrogen-bond donors (Lipinski definition) is 3. The summed E-state index contributed by atoms with van der Waals surface area (Å²) in [5.74, 6) is -2.59. The van der Waals surface area contributed by atoms with Crippen molar-refractivity contribution in [3.05, 3.63) is 137 Å². The number of halogens is 2. The molecular weight excluding hydrogens is 919 g/mol. The molecule has 8 rings (SSSR count). The van der Waals surface area contributed by atoms with Gasteiger partial charge in [-0.15, -0.1) is 4.98 Å². The Balaban J connectivity index is 0.000000211. The molecule has 21 heteroatoms. The van der Waals surface area contributed by atoms with Crippen LogP contribution in [0.5, 0.6) is 0 Å². The molecule has 2 aromatic carbocycles. The standard InChI is InChI=1S/C23H22FN5O3S.C17H15FN2O2.C6H9N3O2S.CH4/c1-14(2)20-8-16(24)9-21(15-5-6-26-17(7-15)11-25)22(20)10-23(30)28-33(31,32)19-12-27-29(13-19)18-3-4-18;1-10(2)13-7-12(18)8-14(15(13)9-17(21)22)11-4-5-20-16(6-11)19-3;7-12(10,11)6-3-8-9(4-6)5-1-2-5;/h5-9,12-14,18H,3-4,10H2,1-2H3,(H,28,30);4-8,10H,9H2,1-2H3,(H,21,22);3-5H,1-2H2,(H2,7,10,11);1H4. The maximum absolute atomic E-state index is 14.5. The van der Waals surface area contributed by atoms with Gasteiger partial charge in [-0.1, -0.05) is 41.7 Å². The summed E-state index contributed by atoms with van der Waals surface area (Å²) in [6.07, 6.45) is 11.9. The van der Waals surface area contributed by atoms with Crippen LogP contribution in [0.2, 0.25) is 0 Å². The number of benzene rings is 2. The summed E-state index contributed by atoms with van der Waals surface area (Å²) < 4.78 is 80.8. The molecule has 0 unspecified atom stereocenters. The van der Waals surface area contributed by atoms with E-state index in [1.807, 2.05) is 33.8 Å². The smallest absolute Gasteiger partial charge is 0.307 e. The van der Waals surface area contributed by atoms with E-state index in [1.54, 1.807) is 21.5 Å². The van der Waals surface area contributed by atoms with E-state index in [0.717, 1.165) is 25.7 Å². The number of hydrogen-bond acceptors (Lipinski definition) is 11. The Kier molecular flexibility index (Phi) is 16.5. The van der Waals surface area contributed by atoms with Gasteiger partial charge >= 0.3 is 5.97 Å². The Hall–Kier alpha value is -7.20. The van der Waals surface area contributed by atoms with Crippen molar-refractivity contribution in [2.24, 2.45) is 5.14 Å². The second-order valence-corrected chi connectivity index (χ2v) is 19.7. The van der Waals surface area contributed by atoms with Crippen molar-refractivity contribution in [3.63, 3.8) is 0 Å². The predicted octanol–water partition coefficient (Wildman–Crippen LogP) is 8.15. The van der Waals surface area contributed by atoms with Crippen LogP contribution in [0.15, 0.2) is 95.5 Å². The molecule has 4 aromatic heterocycles. The first-order valence-corrected chi connectivity index (χ1v) is 23.9. The third kappa shape index (κ3) is 13.2. The number of rotatable bonds is 13. The number of aromatic nitrogens is 6. The molecular formula is C47H50F2N10O7S2. The fourth-order valence-corrected chi connectivity index (χ4v) is 8.49. The average Bonchev–Trinajstić information content (AvgIpc) is 4.20. The maximum atomic E-state index is 14.5. The van der Waals surface area contributed by atoms with Gasteiger partial charge in [0.05, 0.1) is 37.3 Å². The highest BCUT2D eigenvalue weighted by Crippen LogP contribution is 2.37. The molecule has 2 saturated carbocycles. The number of carboxylic acid groups (broad SMARTS) is 1. The Morgan fingerprint density at radius 1 is 0.824 bits per heavy atom. The molecule has 17 nitrogen and oxygen atoms in total. The molecule has 6 aromatic rings. The SMILES string of the molecule is C.CC(C)c1cc(F)cc(-c2ccnc(C#N)c2)c1CC(=O)NS(=O)(=O)c1cnn(C2CC2)c1.NS(=O)(=O)c1cnn(C2CC2)c1.[C-]#[N+]c1cc(-c2cc(F)cc(C(C)C)c2CC(=O)O)ccn1. The normalized spacial score (nSPS) is 13.2. The average molecular weight is 969 g/mol. The molecule has 1 amide bonds. The molecule has 0 spiro atoms. The van der Waals surface area contributed by atoms with Gasteiger partial charge in [0, 0.05) is 18.6 Å². The molecule has 2 aliphatic carbocycles. The van der Waals surface area contributed by atoms with Gasteiger partial charge in [0.1, 0.15) is 39.4 Å². The number of primary sulfonamides is 1. The lowest BCUT2D eigenvalue weighted by molar-refractivity contribution is -0.136. The molecule has 0 bridgehead atoms. The van der Waals surface area contributed by atoms with Crippen LogP contribution in [0.25, 0.3) is 27.1 Å². The van der Waals surface area contributed by atoms with Crippen LogP contribution >= 0.6 is 0 Å². The molecule has 2 aliphatic rings. The van der Waals surface area contributed by atoms with Crippen molar-refractivity contribution in [2.45, 2.75) is 107 Å². The van der Waals surface area contributed by atoms with Crippen LogP contribution in [0, 0.1) is 29.5 Å². The zero-order valence-corrected chi connectivity index (χ0v) is 38.4. The predicted molar refractivity (Wildman–Crippen MR) is 248 cm³/mol. The van der Waals surface area contributed by atoms with Crippen LogP contribution < -0.4 is 9.86 Å². The van der Waals surface area contributed by atoms with E-state index in [1.165, 1.54) is 73.6 Å². The highest BCUT2D eigenvalue weighted by molar-refractivity contribution is 7.90. The minimum Gasteiger partial charge on any atom is -0.481 e. The number of nitrogens with zero attached hydrogens (tertiary/aromatic N) is 8. The Morgan fingerprint density at radius 3 is 1.76 bits per heavy atom. The summed E-state index contributed by atoms with van der Waals surface area (Å²) in [5.41, 5.74) is 4.47. The lowest BCUT2D eigenvalue weighted by Gasteiger charge is -2.18. The number of aliphatic carboxylic acids is 1. The molecule has 0 atom stereocenters. The van der Waals surface area contributed by atoms with Gasteiger partial charge in [-0.2, -0.15) is 15.5 Å². The van der Waals surface area contributed by atoms with E-state index in [0.29, 0.717) is 50.5 Å². The van der Waals surface area contributed by atoms with Crippen molar-refractivity contribution in [1.82, 2.24) is 34.3 Å². The van der Waals surface area contributed by atoms with E-state index in [-0.39, 0.29) is 59.4 Å². The fourth-order valence-electron chi connectivity index (χ4n) is 7.12. The number of pyridine rings is 2. The van der Waals surface area contributed by atoms with Gasteiger partial charge in [0.2, 0.25) is 15.9 Å². The quantitative estimate of drug-likeness (QED) is 0.0928. The molecule has 2 fully saturated rings. The van der Waals surface area contributed by atoms with Gasteiger partial charge in [0.15, 0.2) is 0 Å². The number of carbonyl (C=O) groups excluding carboxylic acids is 1. The van der Waals surface area contributed by atoms with Crippen molar-refractivity contribution < 1.29 is 40.3 Å². The van der Waals surface area contributed by atoms with Crippen molar-refractivity contribution in [3.8, 4) is 28.3 Å². The van der Waals surface area contributed by atoms with E-state index >= 15 is 0 Å². The summed E-state index contributed by atoms with van der Waals surface area (Å²) in [6.45, 7) is 14.5. The van der Waals surface area contributed by atoms with Gasteiger partial charge in [0.25, 0.3) is 15.8 Å². The molecule has 4 heterocycles. The highest BCUT2D eigenvalue weighted by atomic mass is 32.2. The maximum Gasteiger partial charge on any atom is 0.307 e. The molecule has 0 saturated heterocycles. The minimum absolute atomic E-state index is 0. The summed E-state index contributed by atoms with van der Waals surface area (Å²) in [7, 11) is -7.68. The number of carbonyl (C=O) groups is 2. The first-order valence-electron chi connectivity index (χ1n) is 20.9. The Bertz CT molecular complexity index is 3150. The number of nitriles is 1. The van der Waals surface area contributed by atoms with Crippen LogP contribution in [0.1, 0.15) is 113 Å². The largest absolute Gasteiger partial charge is 0.481 e. The van der Waals surface area contributed by atoms with Gasteiger partial charge in [-0.3, -0.25) is 19.0 Å². The van der Waals surface area contributed by atoms with Gasteiger partial charge in [-0.05, 0) is 131 Å². The van der Waals surface area contributed by atoms with Crippen LogP contribution in [0.4, 0.5) is 14.6 Å². The Labute approximate surface area is 393 Å². The topological polar surface area (TPSA) is 250 Å². The first-order chi connectivity index (χ1) is 31.7. The third-order valence-corrected chi connectivity index (χ3v) is 12.8. The summed E-state index contributed by atoms with van der Waals surface area (Å²) in [6, 6.07) is 14.2. The Morgan fingerprint density at radius 2 is 1.31 bits per heavy atom. The monoisotopic (exact) mass is 968 g/mol. The van der Waals surface area contributed by atoms with Crippen molar-refractivity contribution in [1.29, 1.82) is 5.26 Å². The lowest BCUT2D eigenvalue weighted by atomic mass is 9.88. The van der Waals surface area contributed by atoms with Crippen LogP contribution in [0.3, 0.4) is 0 Å². The molecule has 0 radical (unpaired) electrons. The van der Waals surface area contributed by atoms with E-state index in [4.69, 9.17) is 16.8 Å². The third-order valence-electron chi connectivity index (χ3n) is 10.6. The highest BCUT2D eigenvalue weighted by Gasteiger charge is 2.29. The zero-order valence-electron chi connectivity index (χ0n) is 36.8. The summed E-state index contributed by atoms with van der Waals surface area (Å²) in [4.78, 5) is 35.1. The first kappa shape index (κ1) is 51.8. The summed E-state index contributed by atoms with van der Waals surface area (Å²) in [5, 5.41) is 31.2. The number of nitrogens with two attached hydrogens (primary N) is 1. The van der Waals surface area contributed by atoms with Crippen molar-refractivity contribution >= 4 is 37.7 Å². The van der Waals surface area contributed by atoms with Crippen LogP contribution in [-0.2, 0) is 42.5 Å². The van der Waals surface area contributed by atoms with Crippen molar-refractivity contribution in [2.75, 3.05) is 0 Å². The molecule has 356 valence electrons. The zero-order chi connectivity index (χ0) is 48.8. The number of carboxylic acids is 1. The number of amides is 1. The molecule has 4 N–H and O–H groups in total. The summed E-state index contributed by atoms with van der Waals surface area (Å²) >= 11 is 0. The molecule has 0 aliphatic heterocycles.